The van der Waals surface area contributed by atoms with Gasteiger partial charge in [-0.05, 0) is 162 Å². The Balaban J connectivity index is 0.731. The van der Waals surface area contributed by atoms with Crippen molar-refractivity contribution in [2.24, 2.45) is 0 Å². The molecule has 3 aliphatic carbocycles. The normalized spacial score (nSPS) is 14.7. The van der Waals surface area contributed by atoms with Gasteiger partial charge in [-0.25, -0.2) is 0 Å². The molecule has 0 atom stereocenters. The summed E-state index contributed by atoms with van der Waals surface area (Å²) >= 11 is 0. The lowest BCUT2D eigenvalue weighted by molar-refractivity contribution is 0.660. The quantitative estimate of drug-likeness (QED) is 0.126. The van der Waals surface area contributed by atoms with Gasteiger partial charge in [-0.1, -0.05) is 224 Å². The van der Waals surface area contributed by atoms with Crippen LogP contribution in [0.5, 0.6) is 0 Å². The average Bonchev–Trinajstić information content (AvgIpc) is 4.05. The fourth-order valence-corrected chi connectivity index (χ4v) is 12.5. The van der Waals surface area contributed by atoms with E-state index in [1.165, 1.54) is 89.0 Å². The second-order valence-electron chi connectivity index (χ2n) is 22.2. The highest BCUT2D eigenvalue weighted by Gasteiger charge is 2.39. The summed E-state index contributed by atoms with van der Waals surface area (Å²) in [6, 6.07) is 84.8. The zero-order valence-electron chi connectivity index (χ0n) is 43.6. The number of rotatable bonds is 10. The minimum atomic E-state index is -0.161. The largest absolute Gasteiger partial charge is 0.310 e. The van der Waals surface area contributed by atoms with Gasteiger partial charge in [-0.3, -0.25) is 0 Å². The lowest BCUT2D eigenvalue weighted by Crippen LogP contribution is -2.16. The van der Waals surface area contributed by atoms with Crippen LogP contribution in [0.4, 0.5) is 34.1 Å². The van der Waals surface area contributed by atoms with Gasteiger partial charge in [0.2, 0.25) is 0 Å². The summed E-state index contributed by atoms with van der Waals surface area (Å²) in [5.41, 5.74) is 27.5. The van der Waals surface area contributed by atoms with E-state index in [4.69, 9.17) is 0 Å². The number of fused-ring (bicyclic) bond motifs is 9. The Bertz CT molecular complexity index is 3560. The van der Waals surface area contributed by atoms with Crippen LogP contribution < -0.4 is 9.80 Å². The predicted molar refractivity (Wildman–Crippen MR) is 319 cm³/mol. The van der Waals surface area contributed by atoms with Crippen LogP contribution in [0.1, 0.15) is 97.2 Å². The van der Waals surface area contributed by atoms with Crippen LogP contribution in [0.15, 0.2) is 231 Å². The summed E-state index contributed by atoms with van der Waals surface area (Å²) in [4.78, 5) is 4.72. The zero-order chi connectivity index (χ0) is 51.1. The van der Waals surface area contributed by atoms with E-state index in [2.05, 4.69) is 306 Å². The molecule has 0 radical (unpaired) electrons. The second kappa shape index (κ2) is 17.7. The molecule has 0 heterocycles. The number of benzene rings is 10. The van der Waals surface area contributed by atoms with E-state index in [-0.39, 0.29) is 16.2 Å². The van der Waals surface area contributed by atoms with Crippen LogP contribution in [0.25, 0.3) is 57.7 Å². The van der Waals surface area contributed by atoms with Crippen molar-refractivity contribution in [1.82, 2.24) is 0 Å². The summed E-state index contributed by atoms with van der Waals surface area (Å²) < 4.78 is 0. The van der Waals surface area contributed by atoms with Gasteiger partial charge in [0, 0.05) is 50.4 Å². The summed E-state index contributed by atoms with van der Waals surface area (Å²) in [6.45, 7) is 14.3. The van der Waals surface area contributed by atoms with Crippen LogP contribution in [-0.4, -0.2) is 0 Å². The number of hydrogen-bond donors (Lipinski definition) is 0. The first-order valence-corrected chi connectivity index (χ1v) is 26.5. The molecule has 13 rings (SSSR count). The number of nitrogens with zero attached hydrogens (tertiary/aromatic N) is 2. The summed E-state index contributed by atoms with van der Waals surface area (Å²) in [6.07, 6.45) is 9.16. The molecule has 10 aromatic carbocycles. The molecule has 0 fully saturated rings. The van der Waals surface area contributed by atoms with Gasteiger partial charge in [0.1, 0.15) is 0 Å². The van der Waals surface area contributed by atoms with E-state index in [9.17, 15) is 0 Å². The number of hydrogen-bond acceptors (Lipinski definition) is 2. The van der Waals surface area contributed by atoms with Crippen molar-refractivity contribution in [3.63, 3.8) is 0 Å². The van der Waals surface area contributed by atoms with Crippen molar-refractivity contribution in [1.29, 1.82) is 0 Å². The zero-order valence-corrected chi connectivity index (χ0v) is 43.6. The molecule has 0 aromatic heterocycles. The first-order chi connectivity index (χ1) is 36.4. The highest BCUT2D eigenvalue weighted by Crippen LogP contribution is 2.54. The molecule has 0 aliphatic heterocycles. The molecule has 0 N–H and O–H groups in total. The third kappa shape index (κ3) is 7.78. The van der Waals surface area contributed by atoms with Crippen molar-refractivity contribution in [3.05, 3.63) is 286 Å². The van der Waals surface area contributed by atoms with Crippen LogP contribution in [-0.2, 0) is 16.2 Å². The fourth-order valence-electron chi connectivity index (χ4n) is 12.5. The smallest absolute Gasteiger partial charge is 0.0465 e. The molecule has 75 heavy (non-hydrogen) atoms. The molecule has 2 heteroatoms. The maximum Gasteiger partial charge on any atom is 0.0465 e. The fraction of sp³-hybridized carbons (Fsp3) is 0.123. The standard InChI is InChI=1S/C73H60N2/c1-71(2)65-43-49(27-29-51-33-39-61-63-41-35-57(47-69(63)72(3,4)67(61)45-51)74(53-19-11-7-12-20-53)54-21-13-8-14-22-54)31-37-59(65)60-38-32-50(44-66(60)71)28-30-52-34-40-62-64-42-36-58(48-70(64)73(5,6)68(62)46-52)75(55-23-15-9-16-24-55)56-25-17-10-18-26-56/h7-48H,1-6H3. The Morgan fingerprint density at radius 2 is 0.440 bits per heavy atom. The van der Waals surface area contributed by atoms with Crippen molar-refractivity contribution in [2.75, 3.05) is 9.80 Å². The van der Waals surface area contributed by atoms with E-state index in [0.717, 1.165) is 34.1 Å². The topological polar surface area (TPSA) is 6.48 Å². The van der Waals surface area contributed by atoms with E-state index in [1.807, 2.05) is 0 Å². The molecule has 0 spiro atoms. The summed E-state index contributed by atoms with van der Waals surface area (Å²) in [7, 11) is 0. The number of anilines is 6. The maximum absolute atomic E-state index is 2.41. The highest BCUT2D eigenvalue weighted by atomic mass is 15.1. The molecule has 362 valence electrons. The van der Waals surface area contributed by atoms with Gasteiger partial charge in [0.25, 0.3) is 0 Å². The molecule has 0 amide bonds. The molecule has 3 aliphatic rings. The molecule has 0 saturated heterocycles. The minimum absolute atomic E-state index is 0.143. The van der Waals surface area contributed by atoms with Gasteiger partial charge in [-0.2, -0.15) is 0 Å². The molecular weight excluding hydrogens is 905 g/mol. The summed E-state index contributed by atoms with van der Waals surface area (Å²) in [5, 5.41) is 0. The first kappa shape index (κ1) is 46.1. The highest BCUT2D eigenvalue weighted by molar-refractivity contribution is 5.90. The van der Waals surface area contributed by atoms with Gasteiger partial charge in [0.15, 0.2) is 0 Å². The Hall–Kier alpha value is -8.72. The second-order valence-corrected chi connectivity index (χ2v) is 22.2. The van der Waals surface area contributed by atoms with Gasteiger partial charge in [0.05, 0.1) is 0 Å². The SMILES string of the molecule is CC1(C)c2cc(C=Cc3ccc4c(c3)C(C)(C)c3cc(N(c5ccccc5)c5ccccc5)ccc3-4)ccc2-c2ccc(C=Cc3ccc4c(c3)C(C)(C)c3cc(N(c5ccccc5)c5ccccc5)ccc3-4)cc21. The Morgan fingerprint density at radius 3 is 0.680 bits per heavy atom. The number of para-hydroxylation sites is 4. The first-order valence-electron chi connectivity index (χ1n) is 26.5. The molecule has 0 bridgehead atoms. The Morgan fingerprint density at radius 1 is 0.227 bits per heavy atom. The van der Waals surface area contributed by atoms with Crippen LogP contribution in [0.2, 0.25) is 0 Å². The van der Waals surface area contributed by atoms with E-state index >= 15 is 0 Å². The summed E-state index contributed by atoms with van der Waals surface area (Å²) in [5.74, 6) is 0. The Kier molecular flexibility index (Phi) is 10.9. The third-order valence-corrected chi connectivity index (χ3v) is 16.6. The third-order valence-electron chi connectivity index (χ3n) is 16.6. The molecule has 2 nitrogen and oxygen atoms in total. The van der Waals surface area contributed by atoms with Crippen LogP contribution >= 0.6 is 0 Å². The average molecular weight is 965 g/mol. The van der Waals surface area contributed by atoms with Crippen molar-refractivity contribution in [3.8, 4) is 33.4 Å². The minimum Gasteiger partial charge on any atom is -0.310 e. The monoisotopic (exact) mass is 964 g/mol. The van der Waals surface area contributed by atoms with E-state index in [1.54, 1.807) is 0 Å². The van der Waals surface area contributed by atoms with Crippen LogP contribution in [0.3, 0.4) is 0 Å². The van der Waals surface area contributed by atoms with Crippen LogP contribution in [0, 0.1) is 0 Å². The van der Waals surface area contributed by atoms with E-state index in [0.29, 0.717) is 0 Å². The molecule has 0 unspecified atom stereocenters. The van der Waals surface area contributed by atoms with Crippen molar-refractivity contribution >= 4 is 58.4 Å². The lowest BCUT2D eigenvalue weighted by atomic mass is 9.81. The van der Waals surface area contributed by atoms with Gasteiger partial charge in [-0.15, -0.1) is 0 Å². The Labute approximate surface area is 443 Å². The lowest BCUT2D eigenvalue weighted by Gasteiger charge is -2.28. The van der Waals surface area contributed by atoms with Crippen molar-refractivity contribution in [2.45, 2.75) is 57.8 Å². The maximum atomic E-state index is 2.41. The van der Waals surface area contributed by atoms with Gasteiger partial charge < -0.3 is 9.80 Å². The predicted octanol–water partition coefficient (Wildman–Crippen LogP) is 19.9. The van der Waals surface area contributed by atoms with Gasteiger partial charge >= 0.3 is 0 Å². The van der Waals surface area contributed by atoms with Crippen molar-refractivity contribution < 1.29 is 0 Å². The molecular formula is C73H60N2. The van der Waals surface area contributed by atoms with E-state index < -0.39 is 0 Å². The molecule has 10 aromatic rings. The molecule has 0 saturated carbocycles.